The number of nitrogens with zero attached hydrogens (tertiary/aromatic N) is 3. The lowest BCUT2D eigenvalue weighted by Crippen LogP contribution is -2.43. The molecule has 1 saturated carbocycles. The number of likely N-dealkylation sites (N-methyl/N-ethyl adjacent to an activating group) is 1. The lowest BCUT2D eigenvalue weighted by molar-refractivity contribution is 0.0513. The number of aromatic nitrogens is 2. The molecule has 2 aromatic rings. The number of benzene rings is 1. The van der Waals surface area contributed by atoms with E-state index in [9.17, 15) is 4.79 Å². The van der Waals surface area contributed by atoms with Crippen LogP contribution in [0, 0.1) is 0 Å². The van der Waals surface area contributed by atoms with Crippen LogP contribution >= 0.6 is 0 Å². The van der Waals surface area contributed by atoms with Crippen LogP contribution in [-0.4, -0.2) is 59.8 Å². The third kappa shape index (κ3) is 3.64. The molecule has 138 valence electrons. The Morgan fingerprint density at radius 2 is 2.08 bits per heavy atom. The van der Waals surface area contributed by atoms with Crippen molar-refractivity contribution in [3.8, 4) is 11.4 Å². The van der Waals surface area contributed by atoms with Gasteiger partial charge in [0.05, 0.1) is 12.1 Å². The van der Waals surface area contributed by atoms with E-state index in [4.69, 9.17) is 9.26 Å². The van der Waals surface area contributed by atoms with E-state index in [2.05, 4.69) is 20.4 Å². The van der Waals surface area contributed by atoms with Gasteiger partial charge in [0, 0.05) is 36.7 Å². The van der Waals surface area contributed by atoms with Gasteiger partial charge in [0.25, 0.3) is 5.91 Å². The quantitative estimate of drug-likeness (QED) is 0.853. The topological polar surface area (TPSA) is 80.5 Å². The Morgan fingerprint density at radius 3 is 2.77 bits per heavy atom. The second kappa shape index (κ2) is 7.17. The van der Waals surface area contributed by atoms with Gasteiger partial charge in [-0.1, -0.05) is 17.3 Å². The maximum atomic E-state index is 12.6. The van der Waals surface area contributed by atoms with E-state index in [1.165, 1.54) is 0 Å². The van der Waals surface area contributed by atoms with E-state index in [0.29, 0.717) is 29.8 Å². The molecule has 1 aliphatic carbocycles. The molecule has 0 bridgehead atoms. The van der Waals surface area contributed by atoms with Crippen LogP contribution in [0.4, 0.5) is 0 Å². The molecule has 1 N–H and O–H groups in total. The molecule has 1 aromatic heterocycles. The normalized spacial score (nSPS) is 23.3. The molecule has 2 atom stereocenters. The largest absolute Gasteiger partial charge is 0.375 e. The first-order valence-corrected chi connectivity index (χ1v) is 9.19. The second-order valence-electron chi connectivity index (χ2n) is 7.10. The van der Waals surface area contributed by atoms with Crippen LogP contribution in [-0.2, 0) is 4.74 Å². The van der Waals surface area contributed by atoms with Gasteiger partial charge in [0.15, 0.2) is 0 Å². The van der Waals surface area contributed by atoms with Crippen molar-refractivity contribution in [2.45, 2.75) is 37.8 Å². The number of carbonyl (C=O) groups is 1. The Labute approximate surface area is 152 Å². The minimum atomic E-state index is -0.0895. The Balaban J connectivity index is 1.41. The highest BCUT2D eigenvalue weighted by atomic mass is 16.5. The van der Waals surface area contributed by atoms with E-state index >= 15 is 0 Å². The molecular weight excluding hydrogens is 332 g/mol. The molecule has 26 heavy (non-hydrogen) atoms. The van der Waals surface area contributed by atoms with E-state index in [1.807, 2.05) is 26.1 Å². The lowest BCUT2D eigenvalue weighted by Gasteiger charge is -2.19. The number of rotatable bonds is 6. The number of hydrogen-bond acceptors (Lipinski definition) is 6. The predicted octanol–water partition coefficient (Wildman–Crippen LogP) is 2.06. The Bertz CT molecular complexity index is 769. The summed E-state index contributed by atoms with van der Waals surface area (Å²) in [6.07, 6.45) is 2.29. The van der Waals surface area contributed by atoms with Crippen LogP contribution in [0.5, 0.6) is 0 Å². The molecule has 1 amide bonds. The first-order valence-electron chi connectivity index (χ1n) is 9.19. The second-order valence-corrected chi connectivity index (χ2v) is 7.10. The van der Waals surface area contributed by atoms with Crippen molar-refractivity contribution in [3.63, 3.8) is 0 Å². The summed E-state index contributed by atoms with van der Waals surface area (Å²) >= 11 is 0. The number of hydrogen-bond donors (Lipinski definition) is 1. The van der Waals surface area contributed by atoms with Gasteiger partial charge < -0.3 is 19.5 Å². The van der Waals surface area contributed by atoms with Crippen LogP contribution in [0.2, 0.25) is 0 Å². The highest BCUT2D eigenvalue weighted by Gasteiger charge is 2.33. The molecular formula is C19H24N4O3. The molecule has 2 fully saturated rings. The maximum absolute atomic E-state index is 12.6. The zero-order chi connectivity index (χ0) is 18.1. The third-order valence-corrected chi connectivity index (χ3v) is 4.92. The van der Waals surface area contributed by atoms with Gasteiger partial charge in [0.1, 0.15) is 0 Å². The molecule has 0 spiro atoms. The zero-order valence-electron chi connectivity index (χ0n) is 15.1. The number of likely N-dealkylation sites (tertiary alicyclic amines) is 1. The van der Waals surface area contributed by atoms with E-state index in [-0.39, 0.29) is 18.1 Å². The molecule has 2 heterocycles. The van der Waals surface area contributed by atoms with Crippen molar-refractivity contribution in [2.75, 3.05) is 26.7 Å². The Hall–Kier alpha value is -2.25. The Kier molecular flexibility index (Phi) is 4.74. The SMILES string of the molecule is CCOC1CN(C)CC1NC(=O)c1ccc(-c2noc(C3CC3)n2)cc1. The number of ether oxygens (including phenoxy) is 1. The molecule has 2 aliphatic rings. The summed E-state index contributed by atoms with van der Waals surface area (Å²) in [7, 11) is 2.04. The number of carbonyl (C=O) groups excluding carboxylic acids is 1. The first kappa shape index (κ1) is 17.2. The Morgan fingerprint density at radius 1 is 1.31 bits per heavy atom. The maximum Gasteiger partial charge on any atom is 0.251 e. The van der Waals surface area contributed by atoms with Crippen LogP contribution in [0.1, 0.15) is 41.9 Å². The minimum Gasteiger partial charge on any atom is -0.375 e. The van der Waals surface area contributed by atoms with Gasteiger partial charge in [0.2, 0.25) is 11.7 Å². The summed E-state index contributed by atoms with van der Waals surface area (Å²) < 4.78 is 11.0. The van der Waals surface area contributed by atoms with Gasteiger partial charge in [-0.25, -0.2) is 0 Å². The number of amides is 1. The van der Waals surface area contributed by atoms with Gasteiger partial charge in [-0.2, -0.15) is 4.98 Å². The van der Waals surface area contributed by atoms with E-state index < -0.39 is 0 Å². The monoisotopic (exact) mass is 356 g/mol. The van der Waals surface area contributed by atoms with Crippen LogP contribution in [0.25, 0.3) is 11.4 Å². The summed E-state index contributed by atoms with van der Waals surface area (Å²) in [4.78, 5) is 19.2. The summed E-state index contributed by atoms with van der Waals surface area (Å²) in [5.41, 5.74) is 1.47. The average molecular weight is 356 g/mol. The molecule has 4 rings (SSSR count). The molecule has 1 aromatic carbocycles. The van der Waals surface area contributed by atoms with Crippen molar-refractivity contribution >= 4 is 5.91 Å². The van der Waals surface area contributed by atoms with E-state index in [1.54, 1.807) is 12.1 Å². The molecule has 7 nitrogen and oxygen atoms in total. The van der Waals surface area contributed by atoms with Gasteiger partial charge in [-0.3, -0.25) is 4.79 Å². The standard InChI is InChI=1S/C19H24N4O3/c1-3-25-16-11-23(2)10-15(16)20-18(24)13-6-4-12(5-7-13)17-21-19(26-22-17)14-8-9-14/h4-7,14-16H,3,8-11H2,1-2H3,(H,20,24). The van der Waals surface area contributed by atoms with Gasteiger partial charge in [-0.05, 0) is 38.9 Å². The summed E-state index contributed by atoms with van der Waals surface area (Å²) in [5.74, 6) is 1.64. The smallest absolute Gasteiger partial charge is 0.251 e. The fourth-order valence-electron chi connectivity index (χ4n) is 3.35. The van der Waals surface area contributed by atoms with E-state index in [0.717, 1.165) is 31.5 Å². The number of nitrogens with one attached hydrogen (secondary N) is 1. The van der Waals surface area contributed by atoms with Crippen LogP contribution < -0.4 is 5.32 Å². The predicted molar refractivity (Wildman–Crippen MR) is 95.9 cm³/mol. The summed E-state index contributed by atoms with van der Waals surface area (Å²) in [6.45, 7) is 4.25. The molecule has 2 unspecified atom stereocenters. The van der Waals surface area contributed by atoms with Crippen molar-refractivity contribution in [1.82, 2.24) is 20.4 Å². The fraction of sp³-hybridized carbons (Fsp3) is 0.526. The van der Waals surface area contributed by atoms with Crippen molar-refractivity contribution < 1.29 is 14.1 Å². The van der Waals surface area contributed by atoms with Crippen molar-refractivity contribution in [3.05, 3.63) is 35.7 Å². The summed E-state index contributed by atoms with van der Waals surface area (Å²) in [6, 6.07) is 7.32. The van der Waals surface area contributed by atoms with Crippen molar-refractivity contribution in [2.24, 2.45) is 0 Å². The highest BCUT2D eigenvalue weighted by molar-refractivity contribution is 5.94. The molecule has 1 saturated heterocycles. The zero-order valence-corrected chi connectivity index (χ0v) is 15.1. The minimum absolute atomic E-state index is 0.00503. The van der Waals surface area contributed by atoms with Gasteiger partial charge >= 0.3 is 0 Å². The highest BCUT2D eigenvalue weighted by Crippen LogP contribution is 2.39. The average Bonchev–Trinajstić information content (AvgIpc) is 3.27. The van der Waals surface area contributed by atoms with Crippen LogP contribution in [0.15, 0.2) is 28.8 Å². The third-order valence-electron chi connectivity index (χ3n) is 4.92. The van der Waals surface area contributed by atoms with Crippen LogP contribution in [0.3, 0.4) is 0 Å². The van der Waals surface area contributed by atoms with Crippen molar-refractivity contribution in [1.29, 1.82) is 0 Å². The lowest BCUT2D eigenvalue weighted by atomic mass is 10.1. The molecule has 7 heteroatoms. The molecule has 0 radical (unpaired) electrons. The first-order chi connectivity index (χ1) is 12.6. The fourth-order valence-corrected chi connectivity index (χ4v) is 3.35. The van der Waals surface area contributed by atoms with Gasteiger partial charge in [-0.15, -0.1) is 0 Å². The summed E-state index contributed by atoms with van der Waals surface area (Å²) in [5, 5.41) is 7.13. The molecule has 1 aliphatic heterocycles.